The lowest BCUT2D eigenvalue weighted by Crippen LogP contribution is -2.18. The van der Waals surface area contributed by atoms with Crippen LogP contribution in [0.4, 0.5) is 17.6 Å². The van der Waals surface area contributed by atoms with Crippen LogP contribution in [-0.4, -0.2) is 36.9 Å². The Morgan fingerprint density at radius 3 is 2.24 bits per heavy atom. The van der Waals surface area contributed by atoms with Gasteiger partial charge < -0.3 is 14.9 Å². The highest BCUT2D eigenvalue weighted by Crippen LogP contribution is 2.35. The highest BCUT2D eigenvalue weighted by molar-refractivity contribution is 5.89. The van der Waals surface area contributed by atoms with Gasteiger partial charge in [0, 0.05) is 11.1 Å². The van der Waals surface area contributed by atoms with Crippen molar-refractivity contribution in [3.63, 3.8) is 0 Å². The highest BCUT2D eigenvalue weighted by atomic mass is 19.4. The molecule has 8 nitrogen and oxygen atoms in total. The Balaban J connectivity index is 1.40. The second-order valence-electron chi connectivity index (χ2n) is 8.98. The van der Waals surface area contributed by atoms with Crippen LogP contribution in [0.2, 0.25) is 0 Å². The molecule has 0 amide bonds. The topological polar surface area (TPSA) is 115 Å². The fourth-order valence-corrected chi connectivity index (χ4v) is 4.25. The Morgan fingerprint density at radius 1 is 0.857 bits per heavy atom. The summed E-state index contributed by atoms with van der Waals surface area (Å²) in [6.45, 7) is -0.180. The minimum Gasteiger partial charge on any atom is -0.488 e. The Bertz CT molecular complexity index is 1800. The number of ether oxygens (including phenoxy) is 1. The third-order valence-corrected chi connectivity index (χ3v) is 6.28. The number of hydrogen-bond acceptors (Lipinski definition) is 5. The zero-order valence-electron chi connectivity index (χ0n) is 21.3. The first-order valence-electron chi connectivity index (χ1n) is 12.2. The van der Waals surface area contributed by atoms with Crippen LogP contribution in [0, 0.1) is 5.82 Å². The van der Waals surface area contributed by atoms with Crippen LogP contribution < -0.4 is 4.74 Å². The summed E-state index contributed by atoms with van der Waals surface area (Å²) in [5.41, 5.74) is -0.368. The van der Waals surface area contributed by atoms with Crippen LogP contribution in [0.5, 0.6) is 5.75 Å². The molecule has 0 aliphatic heterocycles. The summed E-state index contributed by atoms with van der Waals surface area (Å²) in [4.78, 5) is 26.7. The van der Waals surface area contributed by atoms with Crippen molar-refractivity contribution in [2.75, 3.05) is 0 Å². The molecule has 2 aromatic heterocycles. The highest BCUT2D eigenvalue weighted by Gasteiger charge is 2.41. The van der Waals surface area contributed by atoms with Gasteiger partial charge >= 0.3 is 18.1 Å². The van der Waals surface area contributed by atoms with Gasteiger partial charge in [0.2, 0.25) is 0 Å². The number of benzene rings is 3. The van der Waals surface area contributed by atoms with Crippen LogP contribution in [0.15, 0.2) is 91.1 Å². The molecule has 0 atom stereocenters. The number of alkyl halides is 3. The van der Waals surface area contributed by atoms with Crippen LogP contribution in [-0.2, 0) is 12.8 Å². The van der Waals surface area contributed by atoms with Crippen molar-refractivity contribution in [1.29, 1.82) is 0 Å². The van der Waals surface area contributed by atoms with Gasteiger partial charge in [-0.15, -0.1) is 0 Å². The van der Waals surface area contributed by atoms with E-state index in [-0.39, 0.29) is 35.0 Å². The van der Waals surface area contributed by atoms with Gasteiger partial charge in [-0.05, 0) is 53.6 Å². The lowest BCUT2D eigenvalue weighted by atomic mass is 10.0. The summed E-state index contributed by atoms with van der Waals surface area (Å²) >= 11 is 0. The molecule has 3 aromatic carbocycles. The molecule has 2 heterocycles. The Labute approximate surface area is 235 Å². The van der Waals surface area contributed by atoms with E-state index >= 15 is 0 Å². The number of carboxylic acid groups (broad SMARTS) is 2. The van der Waals surface area contributed by atoms with E-state index in [0.29, 0.717) is 27.6 Å². The van der Waals surface area contributed by atoms with Gasteiger partial charge in [-0.25, -0.2) is 23.6 Å². The maximum absolute atomic E-state index is 15.0. The molecular formula is C30H19F4N3O5. The number of rotatable bonds is 8. The van der Waals surface area contributed by atoms with Crippen LogP contribution in [0.1, 0.15) is 32.0 Å². The van der Waals surface area contributed by atoms with Crippen molar-refractivity contribution in [3.8, 4) is 34.0 Å². The molecule has 0 aliphatic carbocycles. The summed E-state index contributed by atoms with van der Waals surface area (Å²) in [6.07, 6.45) is -4.40. The monoisotopic (exact) mass is 577 g/mol. The van der Waals surface area contributed by atoms with Crippen LogP contribution >= 0.6 is 0 Å². The predicted molar refractivity (Wildman–Crippen MR) is 142 cm³/mol. The maximum Gasteiger partial charge on any atom is 0.434 e. The molecule has 0 fully saturated rings. The molecule has 0 saturated carbocycles. The van der Waals surface area contributed by atoms with Crippen LogP contribution in [0.3, 0.4) is 0 Å². The Morgan fingerprint density at radius 2 is 1.57 bits per heavy atom. The maximum atomic E-state index is 15.0. The molecule has 5 rings (SSSR count). The third kappa shape index (κ3) is 5.68. The average Bonchev–Trinajstić information content (AvgIpc) is 3.44. The molecule has 0 spiro atoms. The summed E-state index contributed by atoms with van der Waals surface area (Å²) in [6, 6.07) is 21.3. The number of hydrogen-bond donors (Lipinski definition) is 2. The smallest absolute Gasteiger partial charge is 0.434 e. The molecule has 0 unspecified atom stereocenters. The van der Waals surface area contributed by atoms with Gasteiger partial charge in [0.25, 0.3) is 0 Å². The fourth-order valence-electron chi connectivity index (χ4n) is 4.25. The normalized spacial score (nSPS) is 11.3. The van der Waals surface area contributed by atoms with Crippen molar-refractivity contribution in [2.45, 2.75) is 12.8 Å². The minimum absolute atomic E-state index is 0.110. The van der Waals surface area contributed by atoms with E-state index in [2.05, 4.69) is 10.1 Å². The lowest BCUT2D eigenvalue weighted by molar-refractivity contribution is -0.143. The molecular weight excluding hydrogens is 558 g/mol. The van der Waals surface area contributed by atoms with E-state index in [9.17, 15) is 32.3 Å². The zero-order chi connectivity index (χ0) is 30.0. The number of nitrogens with zero attached hydrogens (tertiary/aromatic N) is 3. The number of carbonyl (C=O) groups is 2. The molecule has 0 bridgehead atoms. The summed E-state index contributed by atoms with van der Waals surface area (Å²) in [7, 11) is 0. The Kier molecular flexibility index (Phi) is 7.45. The number of carboxylic acids is 2. The summed E-state index contributed by atoms with van der Waals surface area (Å²) < 4.78 is 62.4. The summed E-state index contributed by atoms with van der Waals surface area (Å²) in [5, 5.41) is 21.9. The second kappa shape index (κ2) is 11.2. The van der Waals surface area contributed by atoms with Crippen molar-refractivity contribution in [1.82, 2.24) is 14.8 Å². The standard InChI is InChI=1S/C30H19F4N3O5/c31-23-14-19(17-8-10-18(11-9-17)28(38)39)12-13-20(23)16-42-25-6-2-1-4-21(25)24-5-3-7-26(36-24)37-27(30(32,33)34)22(15-35-37)29(40)41/h1-15H,16H2,(H,38,39)(H,40,41). The van der Waals surface area contributed by atoms with Gasteiger partial charge in [0.05, 0.1) is 17.5 Å². The van der Waals surface area contributed by atoms with E-state index in [1.165, 1.54) is 42.5 Å². The van der Waals surface area contributed by atoms with Crippen molar-refractivity contribution in [3.05, 3.63) is 119 Å². The second-order valence-corrected chi connectivity index (χ2v) is 8.98. The molecule has 42 heavy (non-hydrogen) atoms. The Hall–Kier alpha value is -5.52. The van der Waals surface area contributed by atoms with Gasteiger partial charge in [0.15, 0.2) is 11.5 Å². The number of aromatic carboxylic acids is 2. The van der Waals surface area contributed by atoms with E-state index in [1.54, 1.807) is 42.5 Å². The van der Waals surface area contributed by atoms with Crippen molar-refractivity contribution >= 4 is 11.9 Å². The fraction of sp³-hybridized carbons (Fsp3) is 0.0667. The number of aromatic nitrogens is 3. The number of halogens is 4. The zero-order valence-corrected chi connectivity index (χ0v) is 21.3. The first kappa shape index (κ1) is 28.0. The molecule has 0 radical (unpaired) electrons. The number of pyridine rings is 1. The quantitative estimate of drug-likeness (QED) is 0.197. The van der Waals surface area contributed by atoms with Crippen molar-refractivity contribution in [2.24, 2.45) is 0 Å². The SMILES string of the molecule is O=C(O)c1ccc(-c2ccc(COc3ccccc3-c3cccc(-n4ncc(C(=O)O)c4C(F)(F)F)n3)c(F)c2)cc1. The molecule has 0 saturated heterocycles. The van der Waals surface area contributed by atoms with E-state index < -0.39 is 35.2 Å². The predicted octanol–water partition coefficient (Wildman–Crippen LogP) is 6.73. The summed E-state index contributed by atoms with van der Waals surface area (Å²) in [5.74, 6) is -3.39. The molecule has 5 aromatic rings. The lowest BCUT2D eigenvalue weighted by Gasteiger charge is -2.14. The van der Waals surface area contributed by atoms with Crippen LogP contribution in [0.25, 0.3) is 28.2 Å². The molecule has 212 valence electrons. The van der Waals surface area contributed by atoms with Crippen molar-refractivity contribution < 1.29 is 42.1 Å². The molecule has 12 heteroatoms. The first-order chi connectivity index (χ1) is 20.0. The largest absolute Gasteiger partial charge is 0.488 e. The minimum atomic E-state index is -5.01. The van der Waals surface area contributed by atoms with E-state index in [4.69, 9.17) is 9.84 Å². The van der Waals surface area contributed by atoms with Gasteiger partial charge in [-0.3, -0.25) is 0 Å². The first-order valence-corrected chi connectivity index (χ1v) is 12.2. The van der Waals surface area contributed by atoms with E-state index in [1.807, 2.05) is 0 Å². The van der Waals surface area contributed by atoms with Gasteiger partial charge in [-0.2, -0.15) is 18.3 Å². The third-order valence-electron chi connectivity index (χ3n) is 6.28. The van der Waals surface area contributed by atoms with Gasteiger partial charge in [0.1, 0.15) is 23.7 Å². The molecule has 2 N–H and O–H groups in total. The van der Waals surface area contributed by atoms with Gasteiger partial charge in [-0.1, -0.05) is 42.5 Å². The molecule has 0 aliphatic rings. The van der Waals surface area contributed by atoms with E-state index in [0.717, 1.165) is 0 Å². The number of para-hydroxylation sites is 1. The average molecular weight is 577 g/mol.